The second-order valence-corrected chi connectivity index (χ2v) is 8.39. The summed E-state index contributed by atoms with van der Waals surface area (Å²) in [7, 11) is -1.87. The van der Waals surface area contributed by atoms with Gasteiger partial charge in [-0.1, -0.05) is 0 Å². The van der Waals surface area contributed by atoms with Crippen LogP contribution in [-0.2, 0) is 17.1 Å². The van der Waals surface area contributed by atoms with Crippen LogP contribution in [0.3, 0.4) is 0 Å². The van der Waals surface area contributed by atoms with Crippen molar-refractivity contribution in [3.63, 3.8) is 0 Å². The molecule has 2 aromatic heterocycles. The van der Waals surface area contributed by atoms with E-state index in [1.165, 1.54) is 16.8 Å². The summed E-state index contributed by atoms with van der Waals surface area (Å²) < 4.78 is 28.8. The van der Waals surface area contributed by atoms with Crippen molar-refractivity contribution < 1.29 is 8.42 Å². The molecule has 0 radical (unpaired) electrons. The highest BCUT2D eigenvalue weighted by Crippen LogP contribution is 2.23. The zero-order chi connectivity index (χ0) is 18.6. The summed E-state index contributed by atoms with van der Waals surface area (Å²) in [4.78, 5) is 14.7. The minimum Gasteiger partial charge on any atom is -0.341 e. The molecule has 142 valence electrons. The van der Waals surface area contributed by atoms with Crippen molar-refractivity contribution >= 4 is 16.0 Å². The van der Waals surface area contributed by atoms with Crippen molar-refractivity contribution in [3.8, 4) is 0 Å². The molecule has 0 bridgehead atoms. The van der Waals surface area contributed by atoms with Crippen molar-refractivity contribution in [1.82, 2.24) is 23.8 Å². The molecule has 0 atom stereocenters. The van der Waals surface area contributed by atoms with Gasteiger partial charge in [0.15, 0.2) is 5.03 Å². The highest BCUT2D eigenvalue weighted by Gasteiger charge is 2.30. The number of aryl methyl sites for hydroxylation is 1. The Hall–Kier alpha value is -2.04. The molecule has 1 aliphatic rings. The maximum atomic E-state index is 12.9. The molecule has 0 saturated carbocycles. The van der Waals surface area contributed by atoms with Gasteiger partial charge in [0, 0.05) is 58.4 Å². The van der Waals surface area contributed by atoms with Gasteiger partial charge < -0.3 is 15.2 Å². The molecule has 0 aliphatic carbocycles. The average Bonchev–Trinajstić information content (AvgIpc) is 3.10. The van der Waals surface area contributed by atoms with Gasteiger partial charge in [-0.3, -0.25) is 0 Å². The van der Waals surface area contributed by atoms with Crippen molar-refractivity contribution in [3.05, 3.63) is 31.0 Å². The first-order chi connectivity index (χ1) is 12.5. The highest BCUT2D eigenvalue weighted by molar-refractivity contribution is 7.89. The molecule has 2 aromatic rings. The number of aromatic nitrogens is 4. The SMILES string of the molecule is Cn1cnc(S(=O)(=O)N(CCN)CC2CCN(c3ncccn3)CC2)c1. The van der Waals surface area contributed by atoms with Crippen LogP contribution in [0.25, 0.3) is 0 Å². The fourth-order valence-corrected chi connectivity index (χ4v) is 4.66. The summed E-state index contributed by atoms with van der Waals surface area (Å²) in [5, 5.41) is 0.0728. The van der Waals surface area contributed by atoms with E-state index in [0.29, 0.717) is 13.1 Å². The van der Waals surface area contributed by atoms with Gasteiger partial charge in [0.1, 0.15) is 0 Å². The van der Waals surface area contributed by atoms with E-state index < -0.39 is 10.0 Å². The number of rotatable bonds is 7. The summed E-state index contributed by atoms with van der Waals surface area (Å²) >= 11 is 0. The molecule has 1 aliphatic heterocycles. The molecule has 0 amide bonds. The number of sulfonamides is 1. The van der Waals surface area contributed by atoms with E-state index in [-0.39, 0.29) is 17.5 Å². The fraction of sp³-hybridized carbons (Fsp3) is 0.562. The number of nitrogens with two attached hydrogens (primary N) is 1. The van der Waals surface area contributed by atoms with Crippen LogP contribution in [0.1, 0.15) is 12.8 Å². The van der Waals surface area contributed by atoms with Crippen molar-refractivity contribution in [2.45, 2.75) is 17.9 Å². The second-order valence-electron chi connectivity index (χ2n) is 6.51. The summed E-state index contributed by atoms with van der Waals surface area (Å²) in [6.45, 7) is 2.66. The Morgan fingerprint density at radius 3 is 2.50 bits per heavy atom. The lowest BCUT2D eigenvalue weighted by molar-refractivity contribution is 0.303. The van der Waals surface area contributed by atoms with E-state index in [2.05, 4.69) is 19.9 Å². The van der Waals surface area contributed by atoms with Crippen molar-refractivity contribution in [1.29, 1.82) is 0 Å². The predicted molar refractivity (Wildman–Crippen MR) is 98.0 cm³/mol. The van der Waals surface area contributed by atoms with Gasteiger partial charge in [0.05, 0.1) is 6.33 Å². The van der Waals surface area contributed by atoms with E-state index in [9.17, 15) is 8.42 Å². The minimum absolute atomic E-state index is 0.0728. The Morgan fingerprint density at radius 2 is 1.92 bits per heavy atom. The molecule has 9 nitrogen and oxygen atoms in total. The molecule has 0 spiro atoms. The van der Waals surface area contributed by atoms with Crippen molar-refractivity contribution in [2.24, 2.45) is 18.7 Å². The molecular weight excluding hydrogens is 354 g/mol. The number of hydrogen-bond acceptors (Lipinski definition) is 7. The lowest BCUT2D eigenvalue weighted by Gasteiger charge is -2.34. The lowest BCUT2D eigenvalue weighted by Crippen LogP contribution is -2.43. The monoisotopic (exact) mass is 379 g/mol. The van der Waals surface area contributed by atoms with E-state index >= 15 is 0 Å². The molecule has 0 unspecified atom stereocenters. The van der Waals surface area contributed by atoms with Gasteiger partial charge in [0.2, 0.25) is 5.95 Å². The Balaban J connectivity index is 1.64. The second kappa shape index (κ2) is 8.11. The Morgan fingerprint density at radius 1 is 1.23 bits per heavy atom. The van der Waals surface area contributed by atoms with Crippen molar-refractivity contribution in [2.75, 3.05) is 37.6 Å². The fourth-order valence-electron chi connectivity index (χ4n) is 3.17. The van der Waals surface area contributed by atoms with Gasteiger partial charge in [-0.25, -0.2) is 23.4 Å². The van der Waals surface area contributed by atoms with Gasteiger partial charge >= 0.3 is 0 Å². The number of nitrogens with zero attached hydrogens (tertiary/aromatic N) is 6. The first-order valence-corrected chi connectivity index (χ1v) is 10.1. The predicted octanol–water partition coefficient (Wildman–Crippen LogP) is 0.0761. The van der Waals surface area contributed by atoms with Crippen LogP contribution >= 0.6 is 0 Å². The van der Waals surface area contributed by atoms with Crippen LogP contribution in [-0.4, -0.2) is 65.0 Å². The molecule has 1 fully saturated rings. The maximum Gasteiger partial charge on any atom is 0.262 e. The normalized spacial score (nSPS) is 16.3. The van der Waals surface area contributed by atoms with E-state index in [1.54, 1.807) is 30.1 Å². The van der Waals surface area contributed by atoms with E-state index in [0.717, 1.165) is 31.9 Å². The summed E-state index contributed by atoms with van der Waals surface area (Å²) in [5.74, 6) is 1.01. The molecule has 10 heteroatoms. The quantitative estimate of drug-likeness (QED) is 0.725. The first-order valence-electron chi connectivity index (χ1n) is 8.71. The van der Waals surface area contributed by atoms with E-state index in [1.807, 2.05) is 0 Å². The number of anilines is 1. The Kier molecular flexibility index (Phi) is 5.84. The third-order valence-corrected chi connectivity index (χ3v) is 6.33. The summed E-state index contributed by atoms with van der Waals surface area (Å²) in [6.07, 6.45) is 8.25. The van der Waals surface area contributed by atoms with Gasteiger partial charge in [-0.05, 0) is 24.8 Å². The topological polar surface area (TPSA) is 110 Å². The molecule has 0 aromatic carbocycles. The van der Waals surface area contributed by atoms with Gasteiger partial charge in [-0.2, -0.15) is 4.31 Å². The Labute approximate surface area is 153 Å². The average molecular weight is 379 g/mol. The third-order valence-electron chi connectivity index (χ3n) is 4.58. The Bertz CT molecular complexity index is 801. The van der Waals surface area contributed by atoms with Crippen LogP contribution in [0.15, 0.2) is 36.0 Å². The zero-order valence-electron chi connectivity index (χ0n) is 14.9. The van der Waals surface area contributed by atoms with Crippen LogP contribution < -0.4 is 10.6 Å². The molecule has 3 heterocycles. The number of piperidine rings is 1. The maximum absolute atomic E-state index is 12.9. The van der Waals surface area contributed by atoms with E-state index in [4.69, 9.17) is 5.73 Å². The van der Waals surface area contributed by atoms with Crippen LogP contribution in [0.5, 0.6) is 0 Å². The molecule has 1 saturated heterocycles. The molecule has 3 rings (SSSR count). The minimum atomic E-state index is -3.62. The zero-order valence-corrected chi connectivity index (χ0v) is 15.7. The lowest BCUT2D eigenvalue weighted by atomic mass is 9.97. The molecule has 26 heavy (non-hydrogen) atoms. The number of imidazole rings is 1. The number of hydrogen-bond donors (Lipinski definition) is 1. The highest BCUT2D eigenvalue weighted by atomic mass is 32.2. The standard InChI is InChI=1S/C16H25N7O2S/c1-21-12-15(20-13-21)26(24,25)23(10-5-17)11-14-3-8-22(9-4-14)16-18-6-2-7-19-16/h2,6-7,12-14H,3-5,8-11,17H2,1H3. The van der Waals surface area contributed by atoms with Crippen LogP contribution in [0, 0.1) is 5.92 Å². The van der Waals surface area contributed by atoms with Crippen LogP contribution in [0.4, 0.5) is 5.95 Å². The molecular formula is C16H25N7O2S. The van der Waals surface area contributed by atoms with Crippen LogP contribution in [0.2, 0.25) is 0 Å². The third kappa shape index (κ3) is 4.19. The van der Waals surface area contributed by atoms with Gasteiger partial charge in [-0.15, -0.1) is 0 Å². The summed E-state index contributed by atoms with van der Waals surface area (Å²) in [5.41, 5.74) is 5.66. The molecule has 2 N–H and O–H groups in total. The smallest absolute Gasteiger partial charge is 0.262 e. The largest absolute Gasteiger partial charge is 0.341 e. The summed E-state index contributed by atoms with van der Waals surface area (Å²) in [6, 6.07) is 1.80. The first kappa shape index (κ1) is 18.7. The van der Waals surface area contributed by atoms with Gasteiger partial charge in [0.25, 0.3) is 10.0 Å².